The zero-order valence-electron chi connectivity index (χ0n) is 11.8. The van der Waals surface area contributed by atoms with Crippen LogP contribution in [0.2, 0.25) is 5.15 Å². The molecule has 0 saturated carbocycles. The van der Waals surface area contributed by atoms with E-state index in [0.717, 1.165) is 17.6 Å². The Hall–Kier alpha value is -1.12. The van der Waals surface area contributed by atoms with Gasteiger partial charge in [0.1, 0.15) is 5.15 Å². The maximum atomic E-state index is 6.36. The van der Waals surface area contributed by atoms with Crippen LogP contribution in [0.4, 0.5) is 0 Å². The fourth-order valence-electron chi connectivity index (χ4n) is 2.96. The van der Waals surface area contributed by atoms with Crippen LogP contribution in [-0.4, -0.2) is 23.0 Å². The molecule has 0 radical (unpaired) electrons. The number of hydrogen-bond acceptors (Lipinski definition) is 2. The Balaban J connectivity index is 1.80. The lowest BCUT2D eigenvalue weighted by Crippen LogP contribution is -2.27. The van der Waals surface area contributed by atoms with Crippen LogP contribution in [-0.2, 0) is 6.54 Å². The van der Waals surface area contributed by atoms with E-state index in [9.17, 15) is 0 Å². The van der Waals surface area contributed by atoms with E-state index < -0.39 is 0 Å². The summed E-state index contributed by atoms with van der Waals surface area (Å²) in [5.41, 5.74) is 2.14. The monoisotopic (exact) mass is 288 g/mol. The first-order valence-electron chi connectivity index (χ1n) is 7.59. The van der Waals surface area contributed by atoms with Crippen molar-refractivity contribution in [1.82, 2.24) is 9.88 Å². The van der Waals surface area contributed by atoms with Crippen LogP contribution in [0.15, 0.2) is 30.3 Å². The van der Waals surface area contributed by atoms with Crippen molar-refractivity contribution >= 4 is 22.5 Å². The molecule has 3 rings (SSSR count). The molecule has 0 bridgehead atoms. The molecule has 0 unspecified atom stereocenters. The molecule has 1 saturated heterocycles. The third-order valence-electron chi connectivity index (χ3n) is 4.09. The van der Waals surface area contributed by atoms with Crippen molar-refractivity contribution in [3.05, 3.63) is 41.0 Å². The molecular formula is C17H21ClN2. The summed E-state index contributed by atoms with van der Waals surface area (Å²) in [6.07, 6.45) is 6.73. The zero-order chi connectivity index (χ0) is 13.8. The van der Waals surface area contributed by atoms with E-state index in [1.54, 1.807) is 0 Å². The summed E-state index contributed by atoms with van der Waals surface area (Å²) in [6.45, 7) is 3.29. The maximum absolute atomic E-state index is 6.36. The Kier molecular flexibility index (Phi) is 4.54. The molecule has 0 aliphatic carbocycles. The summed E-state index contributed by atoms with van der Waals surface area (Å²) >= 11 is 6.36. The minimum atomic E-state index is 0.658. The molecule has 3 heteroatoms. The van der Waals surface area contributed by atoms with Gasteiger partial charge in [-0.25, -0.2) is 4.98 Å². The Morgan fingerprint density at radius 3 is 2.50 bits per heavy atom. The predicted molar refractivity (Wildman–Crippen MR) is 85.1 cm³/mol. The van der Waals surface area contributed by atoms with Gasteiger partial charge >= 0.3 is 0 Å². The normalized spacial score (nSPS) is 17.9. The van der Waals surface area contributed by atoms with Gasteiger partial charge in [0.05, 0.1) is 5.52 Å². The number of para-hydroxylation sites is 1. The average Bonchev–Trinajstić information content (AvgIpc) is 2.42. The molecule has 1 aliphatic heterocycles. The highest BCUT2D eigenvalue weighted by Gasteiger charge is 2.12. The van der Waals surface area contributed by atoms with Crippen LogP contribution in [0.1, 0.15) is 37.7 Å². The van der Waals surface area contributed by atoms with E-state index in [2.05, 4.69) is 28.1 Å². The quantitative estimate of drug-likeness (QED) is 0.748. The van der Waals surface area contributed by atoms with Gasteiger partial charge < -0.3 is 0 Å². The van der Waals surface area contributed by atoms with E-state index >= 15 is 0 Å². The fraction of sp³-hybridized carbons (Fsp3) is 0.471. The van der Waals surface area contributed by atoms with Gasteiger partial charge in [-0.15, -0.1) is 0 Å². The molecule has 1 aliphatic rings. The smallest absolute Gasteiger partial charge is 0.134 e. The first-order chi connectivity index (χ1) is 9.83. The van der Waals surface area contributed by atoms with Crippen LogP contribution >= 0.6 is 11.6 Å². The summed E-state index contributed by atoms with van der Waals surface area (Å²) in [7, 11) is 0. The number of fused-ring (bicyclic) bond motifs is 1. The zero-order valence-corrected chi connectivity index (χ0v) is 12.6. The second-order valence-corrected chi connectivity index (χ2v) is 6.03. The highest BCUT2D eigenvalue weighted by Crippen LogP contribution is 2.22. The molecule has 2 nitrogen and oxygen atoms in total. The van der Waals surface area contributed by atoms with Gasteiger partial charge in [-0.1, -0.05) is 49.1 Å². The largest absolute Gasteiger partial charge is 0.299 e. The van der Waals surface area contributed by atoms with E-state index in [1.807, 2.05) is 12.1 Å². The standard InChI is InChI=1S/C17H21ClN2/c18-17-15(12-14-8-4-5-9-16(14)19-17)13-20-10-6-2-1-3-7-11-20/h4-5,8-9,12H,1-3,6-7,10-11,13H2. The summed E-state index contributed by atoms with van der Waals surface area (Å²) in [6, 6.07) is 10.4. The van der Waals surface area contributed by atoms with Gasteiger partial charge in [-0.05, 0) is 38.1 Å². The van der Waals surface area contributed by atoms with Gasteiger partial charge in [0.25, 0.3) is 0 Å². The van der Waals surface area contributed by atoms with Crippen molar-refractivity contribution < 1.29 is 0 Å². The van der Waals surface area contributed by atoms with Crippen molar-refractivity contribution in [2.75, 3.05) is 13.1 Å². The van der Waals surface area contributed by atoms with Crippen molar-refractivity contribution in [3.63, 3.8) is 0 Å². The Bertz CT molecular complexity index is 574. The van der Waals surface area contributed by atoms with Crippen molar-refractivity contribution in [2.45, 2.75) is 38.6 Å². The number of nitrogens with zero attached hydrogens (tertiary/aromatic N) is 2. The molecule has 0 atom stereocenters. The Morgan fingerprint density at radius 1 is 1.00 bits per heavy atom. The first kappa shape index (κ1) is 13.8. The summed E-state index contributed by atoms with van der Waals surface area (Å²) in [5, 5.41) is 1.84. The lowest BCUT2D eigenvalue weighted by molar-refractivity contribution is 0.240. The maximum Gasteiger partial charge on any atom is 0.134 e. The van der Waals surface area contributed by atoms with E-state index in [1.165, 1.54) is 50.6 Å². The van der Waals surface area contributed by atoms with Crippen molar-refractivity contribution in [2.24, 2.45) is 0 Å². The molecule has 106 valence electrons. The fourth-order valence-corrected chi connectivity index (χ4v) is 3.16. The van der Waals surface area contributed by atoms with E-state index in [4.69, 9.17) is 11.6 Å². The van der Waals surface area contributed by atoms with Gasteiger partial charge in [-0.2, -0.15) is 0 Å². The summed E-state index contributed by atoms with van der Waals surface area (Å²) in [4.78, 5) is 7.05. The second kappa shape index (κ2) is 6.55. The molecule has 0 amide bonds. The molecule has 2 heterocycles. The van der Waals surface area contributed by atoms with Gasteiger partial charge in [-0.3, -0.25) is 4.90 Å². The highest BCUT2D eigenvalue weighted by molar-refractivity contribution is 6.30. The van der Waals surface area contributed by atoms with Gasteiger partial charge in [0.2, 0.25) is 0 Å². The lowest BCUT2D eigenvalue weighted by atomic mass is 10.1. The topological polar surface area (TPSA) is 16.1 Å². The van der Waals surface area contributed by atoms with Crippen LogP contribution in [0.3, 0.4) is 0 Å². The minimum absolute atomic E-state index is 0.658. The number of pyridine rings is 1. The van der Waals surface area contributed by atoms with Crippen LogP contribution in [0, 0.1) is 0 Å². The predicted octanol–water partition coefficient (Wildman–Crippen LogP) is 4.65. The van der Waals surface area contributed by atoms with E-state index in [0.29, 0.717) is 5.15 Å². The van der Waals surface area contributed by atoms with Gasteiger partial charge in [0, 0.05) is 17.5 Å². The number of benzene rings is 1. The summed E-state index contributed by atoms with van der Waals surface area (Å²) < 4.78 is 0. The third-order valence-corrected chi connectivity index (χ3v) is 4.42. The Morgan fingerprint density at radius 2 is 1.70 bits per heavy atom. The third kappa shape index (κ3) is 3.31. The average molecular weight is 289 g/mol. The highest BCUT2D eigenvalue weighted by atomic mass is 35.5. The van der Waals surface area contributed by atoms with Crippen LogP contribution < -0.4 is 0 Å². The van der Waals surface area contributed by atoms with Crippen LogP contribution in [0.5, 0.6) is 0 Å². The van der Waals surface area contributed by atoms with Gasteiger partial charge in [0.15, 0.2) is 0 Å². The van der Waals surface area contributed by atoms with E-state index in [-0.39, 0.29) is 0 Å². The number of aromatic nitrogens is 1. The number of halogens is 1. The van der Waals surface area contributed by atoms with Crippen LogP contribution in [0.25, 0.3) is 10.9 Å². The molecule has 0 N–H and O–H groups in total. The van der Waals surface area contributed by atoms with Crippen molar-refractivity contribution in [1.29, 1.82) is 0 Å². The van der Waals surface area contributed by atoms with Crippen molar-refractivity contribution in [3.8, 4) is 0 Å². The SMILES string of the molecule is Clc1nc2ccccc2cc1CN1CCCCCCC1. The summed E-state index contributed by atoms with van der Waals surface area (Å²) in [5.74, 6) is 0. The minimum Gasteiger partial charge on any atom is -0.299 e. The molecule has 20 heavy (non-hydrogen) atoms. The number of rotatable bonds is 2. The molecular weight excluding hydrogens is 268 g/mol. The molecule has 2 aromatic rings. The lowest BCUT2D eigenvalue weighted by Gasteiger charge is -2.24. The molecule has 1 aromatic carbocycles. The Labute approximate surface area is 125 Å². The molecule has 0 spiro atoms. The first-order valence-corrected chi connectivity index (χ1v) is 7.97. The molecule has 1 fully saturated rings. The second-order valence-electron chi connectivity index (χ2n) is 5.67. The molecule has 1 aromatic heterocycles. The number of hydrogen-bond donors (Lipinski definition) is 0. The number of likely N-dealkylation sites (tertiary alicyclic amines) is 1.